The molecule has 0 bridgehead atoms. The van der Waals surface area contributed by atoms with Crippen molar-refractivity contribution < 1.29 is 4.74 Å². The molecule has 1 aromatic rings. The van der Waals surface area contributed by atoms with Gasteiger partial charge >= 0.3 is 0 Å². The van der Waals surface area contributed by atoms with E-state index in [1.54, 1.807) is 0 Å². The topological polar surface area (TPSA) is 35.2 Å². The van der Waals surface area contributed by atoms with E-state index in [-0.39, 0.29) is 5.41 Å². The van der Waals surface area contributed by atoms with Crippen LogP contribution in [0.25, 0.3) is 0 Å². The summed E-state index contributed by atoms with van der Waals surface area (Å²) in [4.78, 5) is 0. The molecule has 2 atom stereocenters. The van der Waals surface area contributed by atoms with Gasteiger partial charge in [-0.05, 0) is 38.3 Å². The highest BCUT2D eigenvalue weighted by Gasteiger charge is 2.56. The Balaban J connectivity index is 1.77. The molecule has 2 saturated carbocycles. The highest BCUT2D eigenvalue weighted by atomic mass is 16.5. The van der Waals surface area contributed by atoms with Crippen molar-refractivity contribution in [2.75, 3.05) is 0 Å². The molecule has 2 aliphatic carbocycles. The van der Waals surface area contributed by atoms with Gasteiger partial charge in [-0.3, -0.25) is 0 Å². The first kappa shape index (κ1) is 12.0. The molecule has 3 rings (SSSR count). The molecule has 2 N–H and O–H groups in total. The van der Waals surface area contributed by atoms with Crippen molar-refractivity contribution in [3.05, 3.63) is 29.3 Å². The molecule has 0 saturated heterocycles. The van der Waals surface area contributed by atoms with E-state index in [2.05, 4.69) is 32.0 Å². The molecule has 2 aliphatic rings. The van der Waals surface area contributed by atoms with Gasteiger partial charge in [0.15, 0.2) is 0 Å². The van der Waals surface area contributed by atoms with Crippen LogP contribution in [0.1, 0.15) is 43.2 Å². The van der Waals surface area contributed by atoms with Gasteiger partial charge in [0.1, 0.15) is 11.9 Å². The molecular formula is C16H23NO. The lowest BCUT2D eigenvalue weighted by atomic mass is 9.61. The Kier molecular flexibility index (Phi) is 2.86. The predicted molar refractivity (Wildman–Crippen MR) is 73.8 cm³/mol. The standard InChI is InChI=1S/C16H23NO/c1-11-5-6-13(12(2)9-11)18-15-10-14(17)16(15)7-3-4-8-16/h5-6,9,14-15H,3-4,7-8,10,17H2,1-2H3. The Labute approximate surface area is 110 Å². The van der Waals surface area contributed by atoms with Crippen molar-refractivity contribution in [2.45, 2.75) is 58.1 Å². The summed E-state index contributed by atoms with van der Waals surface area (Å²) in [6, 6.07) is 6.78. The second-order valence-electron chi connectivity index (χ2n) is 6.16. The zero-order valence-corrected chi connectivity index (χ0v) is 11.4. The quantitative estimate of drug-likeness (QED) is 0.867. The summed E-state index contributed by atoms with van der Waals surface area (Å²) in [6.45, 7) is 4.25. The van der Waals surface area contributed by atoms with E-state index in [1.807, 2.05) is 0 Å². The lowest BCUT2D eigenvalue weighted by Crippen LogP contribution is -2.62. The predicted octanol–water partition coefficient (Wildman–Crippen LogP) is 3.34. The molecular weight excluding hydrogens is 222 g/mol. The maximum atomic E-state index is 6.26. The van der Waals surface area contributed by atoms with Gasteiger partial charge in [0.05, 0.1) is 0 Å². The number of benzene rings is 1. The van der Waals surface area contributed by atoms with Gasteiger partial charge in [0, 0.05) is 17.9 Å². The van der Waals surface area contributed by atoms with Gasteiger partial charge in [-0.25, -0.2) is 0 Å². The van der Waals surface area contributed by atoms with Crippen LogP contribution in [-0.4, -0.2) is 12.1 Å². The fourth-order valence-electron chi connectivity index (χ4n) is 3.75. The summed E-state index contributed by atoms with van der Waals surface area (Å²) < 4.78 is 6.26. The Hall–Kier alpha value is -1.02. The summed E-state index contributed by atoms with van der Waals surface area (Å²) in [5.74, 6) is 1.05. The van der Waals surface area contributed by atoms with Gasteiger partial charge in [-0.2, -0.15) is 0 Å². The van der Waals surface area contributed by atoms with Crippen molar-refractivity contribution >= 4 is 0 Å². The van der Waals surface area contributed by atoms with Gasteiger partial charge in [-0.1, -0.05) is 30.5 Å². The second kappa shape index (κ2) is 4.27. The first-order valence-electron chi connectivity index (χ1n) is 7.11. The fourth-order valence-corrected chi connectivity index (χ4v) is 3.75. The van der Waals surface area contributed by atoms with E-state index >= 15 is 0 Å². The van der Waals surface area contributed by atoms with Gasteiger partial charge in [0.2, 0.25) is 0 Å². The Morgan fingerprint density at radius 2 is 1.94 bits per heavy atom. The molecule has 2 fully saturated rings. The van der Waals surface area contributed by atoms with Crippen molar-refractivity contribution in [1.29, 1.82) is 0 Å². The third-order valence-corrected chi connectivity index (χ3v) is 4.98. The molecule has 2 heteroatoms. The smallest absolute Gasteiger partial charge is 0.122 e. The summed E-state index contributed by atoms with van der Waals surface area (Å²) in [5.41, 5.74) is 9.07. The zero-order valence-electron chi connectivity index (χ0n) is 11.4. The van der Waals surface area contributed by atoms with E-state index in [0.29, 0.717) is 12.1 Å². The maximum Gasteiger partial charge on any atom is 0.122 e. The maximum absolute atomic E-state index is 6.26. The minimum absolute atomic E-state index is 0.289. The van der Waals surface area contributed by atoms with Crippen LogP contribution < -0.4 is 10.5 Å². The molecule has 2 unspecified atom stereocenters. The van der Waals surface area contributed by atoms with Crippen molar-refractivity contribution in [3.8, 4) is 5.75 Å². The molecule has 18 heavy (non-hydrogen) atoms. The minimum Gasteiger partial charge on any atom is -0.489 e. The van der Waals surface area contributed by atoms with E-state index < -0.39 is 0 Å². The Bertz CT molecular complexity index is 448. The molecule has 98 valence electrons. The Morgan fingerprint density at radius 3 is 2.56 bits per heavy atom. The molecule has 0 radical (unpaired) electrons. The minimum atomic E-state index is 0.289. The van der Waals surface area contributed by atoms with Gasteiger partial charge in [0.25, 0.3) is 0 Å². The monoisotopic (exact) mass is 245 g/mol. The van der Waals surface area contributed by atoms with Crippen molar-refractivity contribution in [3.63, 3.8) is 0 Å². The first-order chi connectivity index (χ1) is 8.62. The first-order valence-corrected chi connectivity index (χ1v) is 7.11. The molecule has 2 nitrogen and oxygen atoms in total. The highest BCUT2D eigenvalue weighted by Crippen LogP contribution is 2.53. The average molecular weight is 245 g/mol. The number of rotatable bonds is 2. The molecule has 0 aromatic heterocycles. The van der Waals surface area contributed by atoms with Gasteiger partial charge in [-0.15, -0.1) is 0 Å². The van der Waals surface area contributed by atoms with Crippen LogP contribution >= 0.6 is 0 Å². The van der Waals surface area contributed by atoms with Crippen molar-refractivity contribution in [1.82, 2.24) is 0 Å². The summed E-state index contributed by atoms with van der Waals surface area (Å²) >= 11 is 0. The molecule has 0 amide bonds. The largest absolute Gasteiger partial charge is 0.489 e. The summed E-state index contributed by atoms with van der Waals surface area (Å²) in [6.07, 6.45) is 6.51. The zero-order chi connectivity index (χ0) is 12.8. The van der Waals surface area contributed by atoms with Crippen LogP contribution in [-0.2, 0) is 0 Å². The summed E-state index contributed by atoms with van der Waals surface area (Å²) in [5, 5.41) is 0. The number of aryl methyl sites for hydroxylation is 2. The SMILES string of the molecule is Cc1ccc(OC2CC(N)C23CCCC3)c(C)c1. The van der Waals surface area contributed by atoms with E-state index in [9.17, 15) is 0 Å². The van der Waals surface area contributed by atoms with Crippen molar-refractivity contribution in [2.24, 2.45) is 11.1 Å². The Morgan fingerprint density at radius 1 is 1.22 bits per heavy atom. The normalized spacial score (nSPS) is 29.3. The second-order valence-corrected chi connectivity index (χ2v) is 6.16. The van der Waals surface area contributed by atoms with Crippen LogP contribution in [0, 0.1) is 19.3 Å². The highest BCUT2D eigenvalue weighted by molar-refractivity contribution is 5.36. The lowest BCUT2D eigenvalue weighted by molar-refractivity contribution is -0.0623. The van der Waals surface area contributed by atoms with Crippen LogP contribution in [0.5, 0.6) is 5.75 Å². The molecule has 0 aliphatic heterocycles. The van der Waals surface area contributed by atoms with Crippen LogP contribution in [0.15, 0.2) is 18.2 Å². The lowest BCUT2D eigenvalue weighted by Gasteiger charge is -2.52. The molecule has 0 heterocycles. The molecule has 1 spiro atoms. The summed E-state index contributed by atoms with van der Waals surface area (Å²) in [7, 11) is 0. The number of hydrogen-bond donors (Lipinski definition) is 1. The van der Waals surface area contributed by atoms with Gasteiger partial charge < -0.3 is 10.5 Å². The third-order valence-electron chi connectivity index (χ3n) is 4.98. The van der Waals surface area contributed by atoms with E-state index in [0.717, 1.165) is 12.2 Å². The van der Waals surface area contributed by atoms with E-state index in [4.69, 9.17) is 10.5 Å². The average Bonchev–Trinajstić information content (AvgIpc) is 2.83. The van der Waals surface area contributed by atoms with E-state index in [1.165, 1.54) is 36.8 Å². The van der Waals surface area contributed by atoms with Crippen LogP contribution in [0.3, 0.4) is 0 Å². The van der Waals surface area contributed by atoms with Crippen LogP contribution in [0.2, 0.25) is 0 Å². The number of ether oxygens (including phenoxy) is 1. The fraction of sp³-hybridized carbons (Fsp3) is 0.625. The molecule has 1 aromatic carbocycles. The van der Waals surface area contributed by atoms with Crippen LogP contribution in [0.4, 0.5) is 0 Å². The third kappa shape index (κ3) is 1.74. The number of nitrogens with two attached hydrogens (primary N) is 1. The number of hydrogen-bond acceptors (Lipinski definition) is 2.